The summed E-state index contributed by atoms with van der Waals surface area (Å²) in [6.45, 7) is -0.608. The Labute approximate surface area is 120 Å². The number of hydrogen-bond donors (Lipinski definition) is 1. The first-order chi connectivity index (χ1) is 9.88. The van der Waals surface area contributed by atoms with E-state index in [1.807, 2.05) is 0 Å². The van der Waals surface area contributed by atoms with Gasteiger partial charge in [0.25, 0.3) is 5.91 Å². The normalized spacial score (nSPS) is 21.6. The minimum absolute atomic E-state index is 0.0280. The van der Waals surface area contributed by atoms with E-state index in [2.05, 4.69) is 4.74 Å². The Morgan fingerprint density at radius 1 is 1.29 bits per heavy atom. The lowest BCUT2D eigenvalue weighted by atomic mass is 9.99. The van der Waals surface area contributed by atoms with E-state index in [1.165, 1.54) is 29.2 Å². The molecule has 1 N–H and O–H groups in total. The number of hydrogen-bond acceptors (Lipinski definition) is 3. The number of rotatable bonds is 4. The molecule has 0 spiro atoms. The minimum atomic E-state index is -2.91. The summed E-state index contributed by atoms with van der Waals surface area (Å²) in [7, 11) is 0. The van der Waals surface area contributed by atoms with Crippen LogP contribution in [0.15, 0.2) is 24.3 Å². The van der Waals surface area contributed by atoms with E-state index in [4.69, 9.17) is 5.11 Å². The van der Waals surface area contributed by atoms with Gasteiger partial charge in [0.15, 0.2) is 0 Å². The summed E-state index contributed by atoms with van der Waals surface area (Å²) in [5.74, 6) is -1.95. The Morgan fingerprint density at radius 3 is 2.38 bits per heavy atom. The summed E-state index contributed by atoms with van der Waals surface area (Å²) >= 11 is 0. The summed E-state index contributed by atoms with van der Waals surface area (Å²) in [5, 5.41) is 9.05. The molecule has 1 heterocycles. The number of halogens is 2. The molecule has 7 heteroatoms. The quantitative estimate of drug-likeness (QED) is 0.924. The topological polar surface area (TPSA) is 66.8 Å². The molecule has 1 aromatic rings. The predicted molar refractivity (Wildman–Crippen MR) is 69.3 cm³/mol. The molecule has 0 unspecified atom stereocenters. The number of amides is 1. The standard InChI is InChI=1S/C14H15F2NO4/c1-8-6-17(7-11(8)13(19)20)12(18)9-2-4-10(5-3-9)21-14(15)16/h2-5,8,11,14H,6-7H2,1H3,(H,19,20)/t8-,11-/m1/s1. The first-order valence-electron chi connectivity index (χ1n) is 6.45. The smallest absolute Gasteiger partial charge is 0.387 e. The maximum atomic E-state index is 12.2. The van der Waals surface area contributed by atoms with Gasteiger partial charge in [-0.25, -0.2) is 0 Å². The first-order valence-corrected chi connectivity index (χ1v) is 6.45. The van der Waals surface area contributed by atoms with E-state index in [-0.39, 0.29) is 24.1 Å². The van der Waals surface area contributed by atoms with Crippen molar-refractivity contribution >= 4 is 11.9 Å². The highest BCUT2D eigenvalue weighted by Gasteiger charge is 2.37. The summed E-state index contributed by atoms with van der Waals surface area (Å²) in [5.41, 5.74) is 0.315. The third kappa shape index (κ3) is 3.48. The number of likely N-dealkylation sites (tertiary alicyclic amines) is 1. The third-order valence-electron chi connectivity index (χ3n) is 3.54. The summed E-state index contributed by atoms with van der Waals surface area (Å²) in [6.07, 6.45) is 0. The molecule has 1 amide bonds. The van der Waals surface area contributed by atoms with Crippen LogP contribution in [0.1, 0.15) is 17.3 Å². The second kappa shape index (κ2) is 6.07. The van der Waals surface area contributed by atoms with E-state index < -0.39 is 18.5 Å². The molecule has 0 aromatic heterocycles. The second-order valence-corrected chi connectivity index (χ2v) is 5.04. The lowest BCUT2D eigenvalue weighted by molar-refractivity contribution is -0.142. The van der Waals surface area contributed by atoms with Crippen LogP contribution in [0.25, 0.3) is 0 Å². The zero-order valence-corrected chi connectivity index (χ0v) is 11.3. The number of aliphatic carboxylic acids is 1. The Kier molecular flexibility index (Phi) is 4.40. The number of ether oxygens (including phenoxy) is 1. The highest BCUT2D eigenvalue weighted by atomic mass is 19.3. The van der Waals surface area contributed by atoms with Crippen LogP contribution in [0.4, 0.5) is 8.78 Å². The minimum Gasteiger partial charge on any atom is -0.481 e. The summed E-state index contributed by atoms with van der Waals surface area (Å²) in [6, 6.07) is 5.35. The van der Waals surface area contributed by atoms with Crippen molar-refractivity contribution in [1.82, 2.24) is 4.90 Å². The van der Waals surface area contributed by atoms with Crippen LogP contribution in [0.5, 0.6) is 5.75 Å². The van der Waals surface area contributed by atoms with Gasteiger partial charge in [-0.1, -0.05) is 6.92 Å². The molecule has 1 aliphatic heterocycles. The fourth-order valence-electron chi connectivity index (χ4n) is 2.42. The number of benzene rings is 1. The van der Waals surface area contributed by atoms with Crippen LogP contribution in [0.3, 0.4) is 0 Å². The van der Waals surface area contributed by atoms with Gasteiger partial charge < -0.3 is 14.7 Å². The highest BCUT2D eigenvalue weighted by Crippen LogP contribution is 2.25. The van der Waals surface area contributed by atoms with Crippen molar-refractivity contribution in [3.63, 3.8) is 0 Å². The number of carboxylic acid groups (broad SMARTS) is 1. The van der Waals surface area contributed by atoms with Crippen molar-refractivity contribution in [1.29, 1.82) is 0 Å². The van der Waals surface area contributed by atoms with E-state index in [0.29, 0.717) is 12.1 Å². The molecule has 21 heavy (non-hydrogen) atoms. The Bertz CT molecular complexity index is 532. The third-order valence-corrected chi connectivity index (χ3v) is 3.54. The molecule has 1 aromatic carbocycles. The van der Waals surface area contributed by atoms with Crippen molar-refractivity contribution in [2.24, 2.45) is 11.8 Å². The average Bonchev–Trinajstić information content (AvgIpc) is 2.80. The number of nitrogens with zero attached hydrogens (tertiary/aromatic N) is 1. The zero-order chi connectivity index (χ0) is 15.6. The van der Waals surface area contributed by atoms with Gasteiger partial charge in [0.2, 0.25) is 0 Å². The van der Waals surface area contributed by atoms with Gasteiger partial charge in [-0.2, -0.15) is 8.78 Å². The van der Waals surface area contributed by atoms with Gasteiger partial charge in [-0.05, 0) is 30.2 Å². The Morgan fingerprint density at radius 2 is 1.90 bits per heavy atom. The molecule has 2 rings (SSSR count). The Balaban J connectivity index is 2.05. The SMILES string of the molecule is C[C@@H]1CN(C(=O)c2ccc(OC(F)F)cc2)C[C@H]1C(=O)O. The average molecular weight is 299 g/mol. The van der Waals surface area contributed by atoms with Gasteiger partial charge in [0.05, 0.1) is 5.92 Å². The molecule has 5 nitrogen and oxygen atoms in total. The fourth-order valence-corrected chi connectivity index (χ4v) is 2.42. The molecule has 0 bridgehead atoms. The lowest BCUT2D eigenvalue weighted by Crippen LogP contribution is -2.29. The van der Waals surface area contributed by atoms with Crippen LogP contribution in [0.2, 0.25) is 0 Å². The van der Waals surface area contributed by atoms with Crippen LogP contribution < -0.4 is 4.74 Å². The van der Waals surface area contributed by atoms with Crippen molar-refractivity contribution in [2.45, 2.75) is 13.5 Å². The van der Waals surface area contributed by atoms with Gasteiger partial charge in [0, 0.05) is 18.7 Å². The van der Waals surface area contributed by atoms with Crippen LogP contribution in [-0.4, -0.2) is 41.6 Å². The number of carbonyl (C=O) groups is 2. The Hall–Kier alpha value is -2.18. The molecule has 0 saturated carbocycles. The lowest BCUT2D eigenvalue weighted by Gasteiger charge is -2.16. The van der Waals surface area contributed by atoms with Crippen molar-refractivity contribution in [3.05, 3.63) is 29.8 Å². The van der Waals surface area contributed by atoms with E-state index in [1.54, 1.807) is 6.92 Å². The summed E-state index contributed by atoms with van der Waals surface area (Å²) < 4.78 is 28.3. The largest absolute Gasteiger partial charge is 0.481 e. The van der Waals surface area contributed by atoms with E-state index in [9.17, 15) is 18.4 Å². The van der Waals surface area contributed by atoms with E-state index in [0.717, 1.165) is 0 Å². The molecule has 0 radical (unpaired) electrons. The molecule has 0 aliphatic carbocycles. The molecule has 114 valence electrons. The van der Waals surface area contributed by atoms with Crippen molar-refractivity contribution < 1.29 is 28.2 Å². The first kappa shape index (κ1) is 15.2. The van der Waals surface area contributed by atoms with Crippen molar-refractivity contribution in [2.75, 3.05) is 13.1 Å². The van der Waals surface area contributed by atoms with Gasteiger partial charge in [-0.15, -0.1) is 0 Å². The summed E-state index contributed by atoms with van der Waals surface area (Å²) in [4.78, 5) is 24.7. The maximum Gasteiger partial charge on any atom is 0.387 e. The number of alkyl halides is 2. The van der Waals surface area contributed by atoms with Crippen LogP contribution >= 0.6 is 0 Å². The molecular formula is C14H15F2NO4. The van der Waals surface area contributed by atoms with Crippen LogP contribution in [0, 0.1) is 11.8 Å². The van der Waals surface area contributed by atoms with Crippen LogP contribution in [-0.2, 0) is 4.79 Å². The van der Waals surface area contributed by atoms with Gasteiger partial charge in [0.1, 0.15) is 5.75 Å². The second-order valence-electron chi connectivity index (χ2n) is 5.04. The van der Waals surface area contributed by atoms with E-state index >= 15 is 0 Å². The molecule has 2 atom stereocenters. The number of carbonyl (C=O) groups excluding carboxylic acids is 1. The highest BCUT2D eigenvalue weighted by molar-refractivity contribution is 5.95. The molecule has 1 fully saturated rings. The molecule has 1 saturated heterocycles. The van der Waals surface area contributed by atoms with Gasteiger partial charge in [-0.3, -0.25) is 9.59 Å². The fraction of sp³-hybridized carbons (Fsp3) is 0.429. The van der Waals surface area contributed by atoms with Gasteiger partial charge >= 0.3 is 12.6 Å². The maximum absolute atomic E-state index is 12.2. The molecular weight excluding hydrogens is 284 g/mol. The number of carboxylic acids is 1. The monoisotopic (exact) mass is 299 g/mol. The van der Waals surface area contributed by atoms with Crippen molar-refractivity contribution in [3.8, 4) is 5.75 Å². The predicted octanol–water partition coefficient (Wildman–Crippen LogP) is 2.08. The zero-order valence-electron chi connectivity index (χ0n) is 11.3. The molecule has 1 aliphatic rings.